The van der Waals surface area contributed by atoms with Gasteiger partial charge in [-0.3, -0.25) is 9.59 Å². The molecule has 0 aliphatic carbocycles. The number of likely N-dealkylation sites (tertiary alicyclic amines) is 1. The predicted molar refractivity (Wildman–Crippen MR) is 200 cm³/mol. The molecule has 3 aromatic carbocycles. The number of carbonyl (C=O) groups is 4. The molecule has 1 aliphatic heterocycles. The fourth-order valence-electron chi connectivity index (χ4n) is 6.98. The number of halogens is 2. The summed E-state index contributed by atoms with van der Waals surface area (Å²) in [6.07, 6.45) is 0.0820. The summed E-state index contributed by atoms with van der Waals surface area (Å²) in [5.74, 6) is -2.33. The Hall–Kier alpha value is -3.93. The smallest absolute Gasteiger partial charge is 0.346 e. The van der Waals surface area contributed by atoms with Crippen LogP contribution in [0, 0.1) is 11.3 Å². The molecular weight excluding hydrogens is 713 g/mol. The first-order valence-corrected chi connectivity index (χ1v) is 19.2. The average Bonchev–Trinajstić information content (AvgIpc) is 3.04. The second-order valence-corrected chi connectivity index (χ2v) is 17.7. The number of primary amides is 1. The first-order valence-electron chi connectivity index (χ1n) is 16.7. The number of nitrogens with zero attached hydrogens (tertiary/aromatic N) is 2. The number of urea groups is 1. The number of piperidine rings is 1. The maximum atomic E-state index is 15.2. The molecule has 0 saturated carbocycles. The lowest BCUT2D eigenvalue weighted by molar-refractivity contribution is -0.157. The summed E-state index contributed by atoms with van der Waals surface area (Å²) in [4.78, 5) is 54.5. The molecule has 0 radical (unpaired) electrons. The lowest BCUT2D eigenvalue weighted by Gasteiger charge is -2.53. The van der Waals surface area contributed by atoms with Gasteiger partial charge in [0.15, 0.2) is 0 Å². The summed E-state index contributed by atoms with van der Waals surface area (Å²) < 4.78 is 23.5. The highest BCUT2D eigenvalue weighted by Gasteiger charge is 2.53. The van der Waals surface area contributed by atoms with Crippen LogP contribution >= 0.6 is 23.2 Å². The molecule has 4 rings (SSSR count). The third kappa shape index (κ3) is 9.12. The number of ketones is 1. The predicted octanol–water partition coefficient (Wildman–Crippen LogP) is 7.95. The largest absolute Gasteiger partial charge is 0.496 e. The molecule has 5 atom stereocenters. The van der Waals surface area contributed by atoms with E-state index in [2.05, 4.69) is 4.36 Å². The average molecular weight is 759 g/mol. The molecule has 3 N–H and O–H groups in total. The molecule has 10 nitrogen and oxygen atoms in total. The molecule has 1 aliphatic rings. The molecule has 274 valence electrons. The van der Waals surface area contributed by atoms with Gasteiger partial charge in [0.2, 0.25) is 5.91 Å². The molecule has 1 fully saturated rings. The quantitative estimate of drug-likeness (QED) is 0.179. The SMILES string of the molecule is COc1cc(CC(=O)C[C@@]2(C)C[C@H](c3cccc(Cl)c3)[C@@H](c3ccc(Cl)cc3)N([C@H](CS(=O)(=NC(N)=O)C(C)C)C(C)C)C2=O)ccc1C(=O)O. The molecular formula is C38H45Cl2N3O7S. The van der Waals surface area contributed by atoms with E-state index in [0.717, 1.165) is 11.1 Å². The van der Waals surface area contributed by atoms with Crippen molar-refractivity contribution in [2.75, 3.05) is 12.9 Å². The van der Waals surface area contributed by atoms with Crippen LogP contribution in [0.1, 0.15) is 86.5 Å². The normalized spacial score (nSPS) is 20.9. The Kier molecular flexibility index (Phi) is 12.6. The lowest BCUT2D eigenvalue weighted by Crippen LogP contribution is -2.59. The molecule has 0 bridgehead atoms. The van der Waals surface area contributed by atoms with Crippen molar-refractivity contribution in [1.82, 2.24) is 4.90 Å². The number of carbonyl (C=O) groups excluding carboxylic acids is 3. The van der Waals surface area contributed by atoms with Crippen LogP contribution in [0.4, 0.5) is 4.79 Å². The van der Waals surface area contributed by atoms with Gasteiger partial charge in [0.05, 0.1) is 34.0 Å². The van der Waals surface area contributed by atoms with Gasteiger partial charge in [-0.15, -0.1) is 4.36 Å². The Morgan fingerprint density at radius 1 is 1.02 bits per heavy atom. The third-order valence-corrected chi connectivity index (χ3v) is 12.9. The van der Waals surface area contributed by atoms with Gasteiger partial charge in [-0.2, -0.15) is 0 Å². The van der Waals surface area contributed by atoms with E-state index in [1.54, 1.807) is 49.9 Å². The number of nitrogens with two attached hydrogens (primary N) is 1. The number of benzene rings is 3. The number of methoxy groups -OCH3 is 1. The minimum Gasteiger partial charge on any atom is -0.496 e. The van der Waals surface area contributed by atoms with Crippen LogP contribution in [0.3, 0.4) is 0 Å². The number of amides is 3. The number of hydrogen-bond donors (Lipinski definition) is 2. The van der Waals surface area contributed by atoms with E-state index in [1.165, 1.54) is 19.2 Å². The highest BCUT2D eigenvalue weighted by atomic mass is 35.5. The zero-order valence-electron chi connectivity index (χ0n) is 29.6. The topological polar surface area (TPSA) is 156 Å². The highest BCUT2D eigenvalue weighted by Crippen LogP contribution is 2.53. The number of ether oxygens (including phenoxy) is 1. The van der Waals surface area contributed by atoms with E-state index in [0.29, 0.717) is 15.6 Å². The van der Waals surface area contributed by atoms with E-state index >= 15 is 4.79 Å². The van der Waals surface area contributed by atoms with Crippen molar-refractivity contribution in [3.63, 3.8) is 0 Å². The van der Waals surface area contributed by atoms with Crippen LogP contribution < -0.4 is 10.5 Å². The lowest BCUT2D eigenvalue weighted by atomic mass is 9.66. The Morgan fingerprint density at radius 3 is 2.24 bits per heavy atom. The summed E-state index contributed by atoms with van der Waals surface area (Å²) in [6.45, 7) is 9.02. The number of Topliss-reactive ketones (excluding diaryl/α,β-unsaturated/α-hetero) is 1. The summed E-state index contributed by atoms with van der Waals surface area (Å²) in [6, 6.07) is 16.7. The van der Waals surface area contributed by atoms with E-state index in [4.69, 9.17) is 33.7 Å². The van der Waals surface area contributed by atoms with Gasteiger partial charge in [-0.1, -0.05) is 88.2 Å². The van der Waals surface area contributed by atoms with Gasteiger partial charge in [0.25, 0.3) is 0 Å². The van der Waals surface area contributed by atoms with Crippen LogP contribution in [-0.2, 0) is 25.7 Å². The zero-order chi connectivity index (χ0) is 37.8. The van der Waals surface area contributed by atoms with Crippen molar-refractivity contribution in [3.05, 3.63) is 99.0 Å². The Morgan fingerprint density at radius 2 is 1.69 bits per heavy atom. The Labute approximate surface area is 309 Å². The molecule has 0 spiro atoms. The number of rotatable bonds is 13. The molecule has 1 unspecified atom stereocenters. The van der Waals surface area contributed by atoms with Crippen molar-refractivity contribution < 1.29 is 33.2 Å². The van der Waals surface area contributed by atoms with Crippen LogP contribution in [0.15, 0.2) is 71.1 Å². The number of carboxylic acid groups (broad SMARTS) is 1. The van der Waals surface area contributed by atoms with Gasteiger partial charge in [0.1, 0.15) is 17.1 Å². The van der Waals surface area contributed by atoms with E-state index in [9.17, 15) is 23.7 Å². The first kappa shape index (κ1) is 39.8. The zero-order valence-corrected chi connectivity index (χ0v) is 31.9. The molecule has 0 aromatic heterocycles. The highest BCUT2D eigenvalue weighted by molar-refractivity contribution is 7.94. The van der Waals surface area contributed by atoms with Crippen LogP contribution in [0.2, 0.25) is 10.0 Å². The number of aromatic carboxylic acids is 1. The molecule has 3 amide bonds. The van der Waals surface area contributed by atoms with Crippen LogP contribution in [0.5, 0.6) is 5.75 Å². The maximum absolute atomic E-state index is 15.2. The molecule has 1 saturated heterocycles. The van der Waals surface area contributed by atoms with E-state index < -0.39 is 44.5 Å². The fraction of sp³-hybridized carbons (Fsp3) is 0.421. The Bertz CT molecular complexity index is 1920. The third-order valence-electron chi connectivity index (χ3n) is 9.59. The van der Waals surface area contributed by atoms with Gasteiger partial charge < -0.3 is 20.5 Å². The molecule has 1 heterocycles. The van der Waals surface area contributed by atoms with Crippen molar-refractivity contribution in [3.8, 4) is 5.75 Å². The molecule has 51 heavy (non-hydrogen) atoms. The summed E-state index contributed by atoms with van der Waals surface area (Å²) in [5, 5.41) is 9.97. The molecule has 3 aromatic rings. The van der Waals surface area contributed by atoms with Gasteiger partial charge in [0, 0.05) is 40.1 Å². The number of hydrogen-bond acceptors (Lipinski definition) is 6. The number of carboxylic acids is 1. The summed E-state index contributed by atoms with van der Waals surface area (Å²) in [7, 11) is -1.89. The minimum absolute atomic E-state index is 0.0304. The van der Waals surface area contributed by atoms with Crippen molar-refractivity contribution in [1.29, 1.82) is 0 Å². The fourth-order valence-corrected chi connectivity index (χ4v) is 9.32. The van der Waals surface area contributed by atoms with E-state index in [1.807, 2.05) is 44.2 Å². The van der Waals surface area contributed by atoms with Crippen molar-refractivity contribution >= 4 is 56.6 Å². The van der Waals surface area contributed by atoms with Crippen LogP contribution in [0.25, 0.3) is 0 Å². The van der Waals surface area contributed by atoms with E-state index in [-0.39, 0.29) is 59.9 Å². The second kappa shape index (κ2) is 16.2. The maximum Gasteiger partial charge on any atom is 0.346 e. The van der Waals surface area contributed by atoms with Gasteiger partial charge >= 0.3 is 12.0 Å². The van der Waals surface area contributed by atoms with Gasteiger partial charge in [-0.05, 0) is 65.4 Å². The first-order chi connectivity index (χ1) is 23.9. The van der Waals surface area contributed by atoms with Gasteiger partial charge in [-0.25, -0.2) is 13.8 Å². The van der Waals surface area contributed by atoms with Crippen molar-refractivity contribution in [2.24, 2.45) is 21.4 Å². The van der Waals surface area contributed by atoms with Crippen LogP contribution in [-0.4, -0.2) is 62.1 Å². The minimum atomic E-state index is -3.25. The monoisotopic (exact) mass is 757 g/mol. The van der Waals surface area contributed by atoms with Crippen molar-refractivity contribution in [2.45, 2.75) is 77.1 Å². The standard InChI is InChI=1S/C38H45Cl2N3O7S/c1-22(2)32(21-51(49,23(3)4)42-37(41)48)43-34(25-11-13-27(39)14-12-25)31(26-8-7-9-28(40)18-26)20-38(5,36(43)47)19-29(44)16-24-10-15-30(35(45)46)33(17-24)50-6/h7-15,17-18,22-23,31-32,34H,16,19-21H2,1-6H3,(H2,41,48)(H,45,46)/t31-,32-,34-,38+,51?/m1/s1. The summed E-state index contributed by atoms with van der Waals surface area (Å²) >= 11 is 12.9. The Balaban J connectivity index is 1.89. The molecule has 13 heteroatoms. The summed E-state index contributed by atoms with van der Waals surface area (Å²) in [5.41, 5.74) is 6.37. The second-order valence-electron chi connectivity index (χ2n) is 14.0.